The van der Waals surface area contributed by atoms with Crippen LogP contribution in [-0.4, -0.2) is 36.4 Å². The predicted octanol–water partition coefficient (Wildman–Crippen LogP) is 4.06. The summed E-state index contributed by atoms with van der Waals surface area (Å²) in [5.41, 5.74) is 1.98. The number of hydrogen-bond acceptors (Lipinski definition) is 3. The second-order valence-corrected chi connectivity index (χ2v) is 8.31. The van der Waals surface area contributed by atoms with Gasteiger partial charge < -0.3 is 15.0 Å². The highest BCUT2D eigenvalue weighted by molar-refractivity contribution is 5.88. The normalized spacial score (nSPS) is 12.0. The molecule has 0 aliphatic heterocycles. The third-order valence-electron chi connectivity index (χ3n) is 4.92. The topological polar surface area (TPSA) is 58.6 Å². The van der Waals surface area contributed by atoms with Gasteiger partial charge in [-0.1, -0.05) is 70.2 Å². The molecule has 0 saturated carbocycles. The second kappa shape index (κ2) is 11.4. The Morgan fingerprint density at radius 2 is 1.57 bits per heavy atom. The van der Waals surface area contributed by atoms with E-state index in [2.05, 4.69) is 19.2 Å². The first-order valence-corrected chi connectivity index (χ1v) is 10.6. The summed E-state index contributed by atoms with van der Waals surface area (Å²) >= 11 is 0. The summed E-state index contributed by atoms with van der Waals surface area (Å²) in [5.74, 6) is 0.735. The van der Waals surface area contributed by atoms with Crippen LogP contribution in [0.25, 0.3) is 0 Å². The molecule has 0 radical (unpaired) electrons. The highest BCUT2D eigenvalue weighted by Gasteiger charge is 2.31. The SMILES string of the molecule is COc1ccc(CN(C(=O)C(C)C)[C@H](Cc2ccccc2)C(=O)NCC(C)C)cc1. The summed E-state index contributed by atoms with van der Waals surface area (Å²) in [4.78, 5) is 28.1. The molecule has 5 nitrogen and oxygen atoms in total. The van der Waals surface area contributed by atoms with Gasteiger partial charge in [-0.15, -0.1) is 0 Å². The van der Waals surface area contributed by atoms with Crippen molar-refractivity contribution >= 4 is 11.8 Å². The van der Waals surface area contributed by atoms with Crippen molar-refractivity contribution in [2.75, 3.05) is 13.7 Å². The number of carbonyl (C=O) groups excluding carboxylic acids is 2. The van der Waals surface area contributed by atoms with Crippen LogP contribution in [0.2, 0.25) is 0 Å². The maximum Gasteiger partial charge on any atom is 0.243 e. The molecule has 0 spiro atoms. The summed E-state index contributed by atoms with van der Waals surface area (Å²) in [6.07, 6.45) is 0.472. The minimum atomic E-state index is -0.580. The minimum Gasteiger partial charge on any atom is -0.497 e. The standard InChI is InChI=1S/C25H34N2O3/c1-18(2)16-26-24(28)23(15-20-9-7-6-8-10-20)27(25(29)19(3)4)17-21-11-13-22(30-5)14-12-21/h6-14,18-19,23H,15-17H2,1-5H3,(H,26,28)/t23-/m1/s1. The van der Waals surface area contributed by atoms with Crippen molar-refractivity contribution in [1.82, 2.24) is 10.2 Å². The van der Waals surface area contributed by atoms with Crippen molar-refractivity contribution in [2.45, 2.75) is 46.7 Å². The molecule has 30 heavy (non-hydrogen) atoms. The quantitative estimate of drug-likeness (QED) is 0.642. The number of nitrogens with zero attached hydrogens (tertiary/aromatic N) is 1. The van der Waals surface area contributed by atoms with E-state index in [1.54, 1.807) is 12.0 Å². The first kappa shape index (κ1) is 23.5. The van der Waals surface area contributed by atoms with Gasteiger partial charge in [-0.05, 0) is 29.2 Å². The lowest BCUT2D eigenvalue weighted by Gasteiger charge is -2.33. The Balaban J connectivity index is 2.35. The smallest absolute Gasteiger partial charge is 0.243 e. The molecule has 162 valence electrons. The molecule has 0 saturated heterocycles. The van der Waals surface area contributed by atoms with E-state index in [9.17, 15) is 9.59 Å². The number of benzene rings is 2. The van der Waals surface area contributed by atoms with E-state index in [-0.39, 0.29) is 17.7 Å². The van der Waals surface area contributed by atoms with E-state index in [1.807, 2.05) is 68.4 Å². The van der Waals surface area contributed by atoms with Crippen molar-refractivity contribution in [3.05, 3.63) is 65.7 Å². The molecule has 1 atom stereocenters. The van der Waals surface area contributed by atoms with Gasteiger partial charge in [0.1, 0.15) is 11.8 Å². The van der Waals surface area contributed by atoms with Crippen LogP contribution in [0.15, 0.2) is 54.6 Å². The highest BCUT2D eigenvalue weighted by Crippen LogP contribution is 2.19. The number of amides is 2. The maximum absolute atomic E-state index is 13.2. The first-order chi connectivity index (χ1) is 14.3. The third kappa shape index (κ3) is 6.90. The zero-order chi connectivity index (χ0) is 22.1. The van der Waals surface area contributed by atoms with Crippen molar-refractivity contribution in [1.29, 1.82) is 0 Å². The molecular weight excluding hydrogens is 376 g/mol. The van der Waals surface area contributed by atoms with E-state index in [1.165, 1.54) is 0 Å². The van der Waals surface area contributed by atoms with Gasteiger partial charge in [0.2, 0.25) is 11.8 Å². The fourth-order valence-corrected chi connectivity index (χ4v) is 3.21. The molecule has 0 bridgehead atoms. The Hall–Kier alpha value is -2.82. The Morgan fingerprint density at radius 3 is 2.10 bits per heavy atom. The lowest BCUT2D eigenvalue weighted by Crippen LogP contribution is -2.52. The van der Waals surface area contributed by atoms with Crippen LogP contribution in [0.3, 0.4) is 0 Å². The van der Waals surface area contributed by atoms with E-state index in [0.717, 1.165) is 16.9 Å². The van der Waals surface area contributed by atoms with Crippen molar-refractivity contribution in [3.8, 4) is 5.75 Å². The summed E-state index contributed by atoms with van der Waals surface area (Å²) in [5, 5.41) is 3.03. The lowest BCUT2D eigenvalue weighted by atomic mass is 10.0. The summed E-state index contributed by atoms with van der Waals surface area (Å²) in [7, 11) is 1.62. The number of carbonyl (C=O) groups is 2. The lowest BCUT2D eigenvalue weighted by molar-refractivity contribution is -0.143. The molecule has 0 heterocycles. The predicted molar refractivity (Wildman–Crippen MR) is 120 cm³/mol. The zero-order valence-electron chi connectivity index (χ0n) is 18.7. The van der Waals surface area contributed by atoms with Crippen LogP contribution in [-0.2, 0) is 22.6 Å². The Morgan fingerprint density at radius 1 is 0.933 bits per heavy atom. The molecule has 2 amide bonds. The first-order valence-electron chi connectivity index (χ1n) is 10.6. The molecule has 0 aliphatic carbocycles. The fraction of sp³-hybridized carbons (Fsp3) is 0.440. The zero-order valence-corrected chi connectivity index (χ0v) is 18.7. The van der Waals surface area contributed by atoms with Crippen LogP contribution in [0.5, 0.6) is 5.75 Å². The Labute approximate surface area is 180 Å². The van der Waals surface area contributed by atoms with Gasteiger partial charge in [0.15, 0.2) is 0 Å². The van der Waals surface area contributed by atoms with Crippen LogP contribution in [0, 0.1) is 11.8 Å². The molecule has 2 aromatic carbocycles. The second-order valence-electron chi connectivity index (χ2n) is 8.31. The molecule has 1 N–H and O–H groups in total. The van der Waals surface area contributed by atoms with Gasteiger partial charge >= 0.3 is 0 Å². The molecular formula is C25H34N2O3. The summed E-state index contributed by atoms with van der Waals surface area (Å²) in [6, 6.07) is 16.9. The number of hydrogen-bond donors (Lipinski definition) is 1. The van der Waals surface area contributed by atoms with E-state index in [0.29, 0.717) is 25.4 Å². The fourth-order valence-electron chi connectivity index (χ4n) is 3.21. The highest BCUT2D eigenvalue weighted by atomic mass is 16.5. The van der Waals surface area contributed by atoms with E-state index in [4.69, 9.17) is 4.74 Å². The van der Waals surface area contributed by atoms with E-state index >= 15 is 0 Å². The number of methoxy groups -OCH3 is 1. The van der Waals surface area contributed by atoms with Crippen LogP contribution >= 0.6 is 0 Å². The number of nitrogens with one attached hydrogen (secondary N) is 1. The van der Waals surface area contributed by atoms with Gasteiger partial charge in [-0.2, -0.15) is 0 Å². The van der Waals surface area contributed by atoms with Gasteiger partial charge in [0.05, 0.1) is 7.11 Å². The van der Waals surface area contributed by atoms with Gasteiger partial charge in [0, 0.05) is 25.4 Å². The van der Waals surface area contributed by atoms with Crippen molar-refractivity contribution < 1.29 is 14.3 Å². The largest absolute Gasteiger partial charge is 0.497 e. The molecule has 0 fully saturated rings. The Bertz CT molecular complexity index is 801. The van der Waals surface area contributed by atoms with Gasteiger partial charge in [-0.3, -0.25) is 9.59 Å². The summed E-state index contributed by atoms with van der Waals surface area (Å²) < 4.78 is 5.23. The van der Waals surface area contributed by atoms with Gasteiger partial charge in [0.25, 0.3) is 0 Å². The minimum absolute atomic E-state index is 0.0357. The average Bonchev–Trinajstić information content (AvgIpc) is 2.75. The van der Waals surface area contributed by atoms with Crippen LogP contribution < -0.4 is 10.1 Å². The number of rotatable bonds is 10. The molecule has 0 unspecified atom stereocenters. The maximum atomic E-state index is 13.2. The molecule has 0 aromatic heterocycles. The molecule has 2 rings (SSSR count). The molecule has 5 heteroatoms. The Kier molecular flexibility index (Phi) is 8.90. The van der Waals surface area contributed by atoms with Gasteiger partial charge in [-0.25, -0.2) is 0 Å². The van der Waals surface area contributed by atoms with Crippen LogP contribution in [0.4, 0.5) is 0 Å². The third-order valence-corrected chi connectivity index (χ3v) is 4.92. The number of ether oxygens (including phenoxy) is 1. The average molecular weight is 411 g/mol. The molecule has 0 aliphatic rings. The summed E-state index contributed by atoms with van der Waals surface area (Å²) in [6.45, 7) is 8.80. The monoisotopic (exact) mass is 410 g/mol. The van der Waals surface area contributed by atoms with Crippen molar-refractivity contribution in [3.63, 3.8) is 0 Å². The van der Waals surface area contributed by atoms with Crippen LogP contribution in [0.1, 0.15) is 38.8 Å². The van der Waals surface area contributed by atoms with E-state index < -0.39 is 6.04 Å². The van der Waals surface area contributed by atoms with Crippen molar-refractivity contribution in [2.24, 2.45) is 11.8 Å². The molecule has 2 aromatic rings.